The van der Waals surface area contributed by atoms with E-state index in [2.05, 4.69) is 41.0 Å². The van der Waals surface area contributed by atoms with Crippen molar-refractivity contribution in [3.8, 4) is 5.75 Å². The van der Waals surface area contributed by atoms with E-state index < -0.39 is 0 Å². The van der Waals surface area contributed by atoms with Gasteiger partial charge in [-0.2, -0.15) is 0 Å². The zero-order valence-corrected chi connectivity index (χ0v) is 13.3. The van der Waals surface area contributed by atoms with Gasteiger partial charge in [0.25, 0.3) is 0 Å². The third-order valence-corrected chi connectivity index (χ3v) is 3.95. The molecule has 1 fully saturated rings. The summed E-state index contributed by atoms with van der Waals surface area (Å²) in [6.45, 7) is 10.5. The summed E-state index contributed by atoms with van der Waals surface area (Å²) in [7, 11) is 0. The Morgan fingerprint density at radius 1 is 1.05 bits per heavy atom. The molecule has 0 unspecified atom stereocenters. The van der Waals surface area contributed by atoms with E-state index in [0.29, 0.717) is 0 Å². The van der Waals surface area contributed by atoms with E-state index in [1.165, 1.54) is 5.56 Å². The fraction of sp³-hybridized carbons (Fsp3) is 0.647. The lowest BCUT2D eigenvalue weighted by molar-refractivity contribution is 0.126. The highest BCUT2D eigenvalue weighted by atomic mass is 16.5. The summed E-state index contributed by atoms with van der Waals surface area (Å²) in [6, 6.07) is 8.54. The van der Waals surface area contributed by atoms with Crippen LogP contribution in [0.5, 0.6) is 5.75 Å². The second-order valence-corrected chi connectivity index (χ2v) is 5.75. The number of benzene rings is 1. The quantitative estimate of drug-likeness (QED) is 0.795. The molecule has 0 atom stereocenters. The first-order valence-corrected chi connectivity index (χ1v) is 8.18. The molecular weight excluding hydrogens is 262 g/mol. The largest absolute Gasteiger partial charge is 0.494 e. The van der Waals surface area contributed by atoms with Crippen molar-refractivity contribution < 1.29 is 4.74 Å². The minimum Gasteiger partial charge on any atom is -0.494 e. The smallest absolute Gasteiger partial charge is 0.119 e. The van der Waals surface area contributed by atoms with Gasteiger partial charge in [0.1, 0.15) is 5.75 Å². The van der Waals surface area contributed by atoms with Crippen LogP contribution in [0.2, 0.25) is 0 Å². The maximum atomic E-state index is 5.62. The van der Waals surface area contributed by atoms with Gasteiger partial charge in [-0.25, -0.2) is 0 Å². The lowest BCUT2D eigenvalue weighted by atomic mass is 10.2. The number of hydrogen-bond acceptors (Lipinski definition) is 4. The van der Waals surface area contributed by atoms with Gasteiger partial charge in [0.2, 0.25) is 0 Å². The van der Waals surface area contributed by atoms with Crippen LogP contribution in [0, 0.1) is 0 Å². The first-order chi connectivity index (χ1) is 10.3. The van der Waals surface area contributed by atoms with Gasteiger partial charge in [-0.15, -0.1) is 0 Å². The van der Waals surface area contributed by atoms with Crippen molar-refractivity contribution in [1.82, 2.24) is 9.80 Å². The number of ether oxygens (including phenoxy) is 1. The number of rotatable bonds is 8. The van der Waals surface area contributed by atoms with Gasteiger partial charge in [0.15, 0.2) is 0 Å². The van der Waals surface area contributed by atoms with Crippen molar-refractivity contribution in [2.45, 2.75) is 26.3 Å². The Bertz CT molecular complexity index is 386. The average Bonchev–Trinajstić information content (AvgIpc) is 2.53. The fourth-order valence-corrected chi connectivity index (χ4v) is 2.66. The van der Waals surface area contributed by atoms with E-state index in [1.807, 2.05) is 0 Å². The molecule has 0 spiro atoms. The molecule has 21 heavy (non-hydrogen) atoms. The highest BCUT2D eigenvalue weighted by Gasteiger charge is 2.16. The van der Waals surface area contributed by atoms with Gasteiger partial charge < -0.3 is 15.4 Å². The lowest BCUT2D eigenvalue weighted by Gasteiger charge is -2.34. The summed E-state index contributed by atoms with van der Waals surface area (Å²) in [5.74, 6) is 0.979. The van der Waals surface area contributed by atoms with Crippen LogP contribution in [0.15, 0.2) is 24.3 Å². The molecule has 0 aromatic heterocycles. The summed E-state index contributed by atoms with van der Waals surface area (Å²) >= 11 is 0. The van der Waals surface area contributed by atoms with Gasteiger partial charge in [-0.3, -0.25) is 4.90 Å². The normalized spacial score (nSPS) is 17.0. The maximum absolute atomic E-state index is 5.62. The van der Waals surface area contributed by atoms with E-state index in [9.17, 15) is 0 Å². The molecular formula is C17H29N3O. The van der Waals surface area contributed by atoms with Gasteiger partial charge in [0, 0.05) is 32.7 Å². The van der Waals surface area contributed by atoms with Crippen LogP contribution in [0.1, 0.15) is 25.3 Å². The molecule has 1 aromatic carbocycles. The van der Waals surface area contributed by atoms with Crippen molar-refractivity contribution in [1.29, 1.82) is 0 Å². The zero-order chi connectivity index (χ0) is 14.9. The summed E-state index contributed by atoms with van der Waals surface area (Å²) in [4.78, 5) is 5.05. The summed E-state index contributed by atoms with van der Waals surface area (Å²) in [6.07, 6.45) is 2.16. The molecule has 0 bridgehead atoms. The molecule has 0 amide bonds. The lowest BCUT2D eigenvalue weighted by Crippen LogP contribution is -2.46. The fourth-order valence-electron chi connectivity index (χ4n) is 2.66. The van der Waals surface area contributed by atoms with E-state index in [4.69, 9.17) is 10.5 Å². The van der Waals surface area contributed by atoms with E-state index in [1.54, 1.807) is 0 Å². The molecule has 0 radical (unpaired) electrons. The molecule has 1 heterocycles. The highest BCUT2D eigenvalue weighted by molar-refractivity contribution is 5.27. The predicted octanol–water partition coefficient (Wildman–Crippen LogP) is 1.94. The summed E-state index contributed by atoms with van der Waals surface area (Å²) < 4.78 is 5.62. The monoisotopic (exact) mass is 291 g/mol. The number of piperazine rings is 1. The first kappa shape index (κ1) is 16.3. The van der Waals surface area contributed by atoms with Crippen molar-refractivity contribution >= 4 is 0 Å². The van der Waals surface area contributed by atoms with Crippen LogP contribution in [0.25, 0.3) is 0 Å². The SMILES string of the molecule is CCCOc1ccc(CN2CCN(CCCN)CC2)cc1. The van der Waals surface area contributed by atoms with Crippen molar-refractivity contribution in [3.05, 3.63) is 29.8 Å². The summed E-state index contributed by atoms with van der Waals surface area (Å²) in [5, 5.41) is 0. The molecule has 1 aliphatic heterocycles. The van der Waals surface area contributed by atoms with Crippen molar-refractivity contribution in [3.63, 3.8) is 0 Å². The van der Waals surface area contributed by atoms with Crippen LogP contribution in [0.4, 0.5) is 0 Å². The molecule has 1 saturated heterocycles. The predicted molar refractivity (Wildman–Crippen MR) is 87.6 cm³/mol. The van der Waals surface area contributed by atoms with Crippen LogP contribution >= 0.6 is 0 Å². The number of nitrogens with zero attached hydrogens (tertiary/aromatic N) is 2. The Morgan fingerprint density at radius 2 is 1.71 bits per heavy atom. The van der Waals surface area contributed by atoms with Crippen LogP contribution in [-0.2, 0) is 6.54 Å². The van der Waals surface area contributed by atoms with Gasteiger partial charge in [-0.1, -0.05) is 19.1 Å². The van der Waals surface area contributed by atoms with Crippen LogP contribution < -0.4 is 10.5 Å². The van der Waals surface area contributed by atoms with Gasteiger partial charge >= 0.3 is 0 Å². The molecule has 4 nitrogen and oxygen atoms in total. The topological polar surface area (TPSA) is 41.7 Å². The molecule has 0 aliphatic carbocycles. The van der Waals surface area contributed by atoms with Crippen molar-refractivity contribution in [2.75, 3.05) is 45.9 Å². The first-order valence-electron chi connectivity index (χ1n) is 8.18. The van der Waals surface area contributed by atoms with Crippen molar-refractivity contribution in [2.24, 2.45) is 5.73 Å². The number of hydrogen-bond donors (Lipinski definition) is 1. The summed E-state index contributed by atoms with van der Waals surface area (Å²) in [5.41, 5.74) is 6.94. The molecule has 4 heteroatoms. The Hall–Kier alpha value is -1.10. The molecule has 1 aromatic rings. The Kier molecular flexibility index (Phi) is 7.00. The molecule has 1 aliphatic rings. The molecule has 2 N–H and O–H groups in total. The standard InChI is InChI=1S/C17H29N3O/c1-2-14-21-17-6-4-16(5-7-17)15-20-12-10-19(11-13-20)9-3-8-18/h4-7H,2-3,8-15,18H2,1H3. The van der Waals surface area contributed by atoms with Crippen LogP contribution in [0.3, 0.4) is 0 Å². The molecule has 0 saturated carbocycles. The van der Waals surface area contributed by atoms with E-state index >= 15 is 0 Å². The third kappa shape index (κ3) is 5.65. The Labute approximate surface area is 128 Å². The second-order valence-electron chi connectivity index (χ2n) is 5.75. The Morgan fingerprint density at radius 3 is 2.33 bits per heavy atom. The molecule has 118 valence electrons. The maximum Gasteiger partial charge on any atom is 0.119 e. The molecule has 2 rings (SSSR count). The second kappa shape index (κ2) is 9.03. The minimum absolute atomic E-state index is 0.796. The Balaban J connectivity index is 1.73. The van der Waals surface area contributed by atoms with Gasteiger partial charge in [-0.05, 0) is 43.6 Å². The average molecular weight is 291 g/mol. The zero-order valence-electron chi connectivity index (χ0n) is 13.3. The van der Waals surface area contributed by atoms with Gasteiger partial charge in [0.05, 0.1) is 6.61 Å². The van der Waals surface area contributed by atoms with Crippen LogP contribution in [-0.4, -0.2) is 55.7 Å². The minimum atomic E-state index is 0.796. The van der Waals surface area contributed by atoms with E-state index in [0.717, 1.165) is 71.0 Å². The third-order valence-electron chi connectivity index (χ3n) is 3.95. The van der Waals surface area contributed by atoms with E-state index in [-0.39, 0.29) is 0 Å². The number of nitrogens with two attached hydrogens (primary N) is 1. The highest BCUT2D eigenvalue weighted by Crippen LogP contribution is 2.15.